The Balaban J connectivity index is 1.78. The van der Waals surface area contributed by atoms with E-state index < -0.39 is 33.9 Å². The Bertz CT molecular complexity index is 1290. The van der Waals surface area contributed by atoms with Crippen molar-refractivity contribution in [1.29, 1.82) is 0 Å². The molecular weight excluding hydrogens is 559 g/mol. The van der Waals surface area contributed by atoms with Crippen molar-refractivity contribution in [3.8, 4) is 17.0 Å². The summed E-state index contributed by atoms with van der Waals surface area (Å²) in [6, 6.07) is 1.48. The lowest BCUT2D eigenvalue weighted by atomic mass is 9.89. The van der Waals surface area contributed by atoms with Crippen molar-refractivity contribution in [2.24, 2.45) is 5.92 Å². The number of ether oxygens (including phenoxy) is 1. The molecule has 1 saturated carbocycles. The van der Waals surface area contributed by atoms with Gasteiger partial charge in [-0.1, -0.05) is 11.6 Å². The lowest BCUT2D eigenvalue weighted by molar-refractivity contribution is -0.142. The minimum absolute atomic E-state index is 0.0221. The largest absolute Gasteiger partial charge is 0.496 e. The zero-order chi connectivity index (χ0) is 29.2. The average molecular weight is 594 g/mol. The first-order chi connectivity index (χ1) is 18.0. The Morgan fingerprint density at radius 3 is 2.41 bits per heavy atom. The topological polar surface area (TPSA) is 115 Å². The number of halogens is 4. The van der Waals surface area contributed by atoms with E-state index in [9.17, 15) is 26.4 Å². The molecule has 0 aliphatic heterocycles. The van der Waals surface area contributed by atoms with Gasteiger partial charge >= 0.3 is 6.18 Å². The summed E-state index contributed by atoms with van der Waals surface area (Å²) in [4.78, 5) is 17.3. The summed E-state index contributed by atoms with van der Waals surface area (Å²) in [7, 11) is -1.65. The highest BCUT2D eigenvalue weighted by Gasteiger charge is 2.37. The van der Waals surface area contributed by atoms with Crippen LogP contribution in [-0.2, 0) is 16.4 Å². The molecule has 218 valence electrons. The number of carbonyl (C=O) groups excluding carboxylic acids is 1. The summed E-state index contributed by atoms with van der Waals surface area (Å²) in [6.07, 6.45) is -0.201. The van der Waals surface area contributed by atoms with E-state index in [0.717, 1.165) is 0 Å². The van der Waals surface area contributed by atoms with Crippen molar-refractivity contribution < 1.29 is 31.1 Å². The highest BCUT2D eigenvalue weighted by molar-refractivity contribution is 7.91. The molecule has 39 heavy (non-hydrogen) atoms. The van der Waals surface area contributed by atoms with Gasteiger partial charge in [0.1, 0.15) is 21.4 Å². The van der Waals surface area contributed by atoms with E-state index in [-0.39, 0.29) is 27.7 Å². The molecule has 0 aromatic carbocycles. The second kappa shape index (κ2) is 11.9. The minimum atomic E-state index is -4.35. The molecule has 1 amide bonds. The fourth-order valence-electron chi connectivity index (χ4n) is 4.90. The van der Waals surface area contributed by atoms with Crippen LogP contribution in [0.5, 0.6) is 5.75 Å². The molecule has 0 saturated heterocycles. The molecule has 14 heteroatoms. The van der Waals surface area contributed by atoms with Gasteiger partial charge in [-0.15, -0.1) is 0 Å². The molecule has 1 aliphatic rings. The maximum absolute atomic E-state index is 13.0. The van der Waals surface area contributed by atoms with Gasteiger partial charge in [-0.3, -0.25) is 9.48 Å². The number of nitrogens with one attached hydrogen (secondary N) is 2. The van der Waals surface area contributed by atoms with Crippen LogP contribution < -0.4 is 15.4 Å². The number of amides is 1. The Morgan fingerprint density at radius 1 is 1.23 bits per heavy atom. The number of hydrogen-bond acceptors (Lipinski definition) is 7. The number of nitrogens with zero attached hydrogens (tertiary/aromatic N) is 3. The van der Waals surface area contributed by atoms with Crippen LogP contribution in [0.4, 0.5) is 19.0 Å². The highest BCUT2D eigenvalue weighted by Crippen LogP contribution is 2.38. The van der Waals surface area contributed by atoms with Crippen LogP contribution in [-0.4, -0.2) is 66.0 Å². The van der Waals surface area contributed by atoms with Gasteiger partial charge < -0.3 is 15.4 Å². The average Bonchev–Trinajstić information content (AvgIpc) is 3.16. The molecular formula is C25H35ClF3N5O4S. The Kier molecular flexibility index (Phi) is 9.47. The number of hydrogen-bond donors (Lipinski definition) is 2. The van der Waals surface area contributed by atoms with Crippen molar-refractivity contribution in [3.05, 3.63) is 23.0 Å². The summed E-state index contributed by atoms with van der Waals surface area (Å²) in [5.41, 5.74) is -0.470. The molecule has 3 rings (SSSR count). The summed E-state index contributed by atoms with van der Waals surface area (Å²) < 4.78 is 69.4. The van der Waals surface area contributed by atoms with Gasteiger partial charge in [0.15, 0.2) is 5.69 Å². The quantitative estimate of drug-likeness (QED) is 0.394. The summed E-state index contributed by atoms with van der Waals surface area (Å²) in [5, 5.41) is 9.79. The molecule has 2 heterocycles. The van der Waals surface area contributed by atoms with E-state index in [0.29, 0.717) is 55.8 Å². The molecule has 9 nitrogen and oxygen atoms in total. The number of aromatic nitrogens is 3. The van der Waals surface area contributed by atoms with E-state index >= 15 is 0 Å². The molecule has 2 aromatic heterocycles. The van der Waals surface area contributed by atoms with Crippen molar-refractivity contribution in [2.75, 3.05) is 25.2 Å². The van der Waals surface area contributed by atoms with Crippen LogP contribution in [0.1, 0.15) is 63.4 Å². The normalized spacial score (nSPS) is 18.6. The van der Waals surface area contributed by atoms with Gasteiger partial charge in [0.25, 0.3) is 5.91 Å². The van der Waals surface area contributed by atoms with Crippen molar-refractivity contribution >= 4 is 33.2 Å². The summed E-state index contributed by atoms with van der Waals surface area (Å²) in [6.45, 7) is 5.42. The van der Waals surface area contributed by atoms with Crippen LogP contribution in [0.15, 0.2) is 12.3 Å². The Morgan fingerprint density at radius 2 is 1.87 bits per heavy atom. The third-order valence-electron chi connectivity index (χ3n) is 6.81. The number of carbonyl (C=O) groups is 1. The molecule has 0 unspecified atom stereocenters. The maximum atomic E-state index is 13.0. The Labute approximate surface area is 231 Å². The number of methoxy groups -OCH3 is 1. The predicted molar refractivity (Wildman–Crippen MR) is 144 cm³/mol. The number of anilines is 1. The predicted octanol–water partition coefficient (Wildman–Crippen LogP) is 5.10. The first-order valence-electron chi connectivity index (χ1n) is 12.7. The fraction of sp³-hybridized carbons (Fsp3) is 0.640. The SMILES string of the molecule is CCn1nc(C(=O)NC[C@H]2CC[C@H](S(C)(=O)=O)CC2)c(Cl)c1-c1cnc(NC(C)(C)CC(F)(F)F)cc1OC. The molecule has 1 fully saturated rings. The molecule has 0 atom stereocenters. The van der Waals surface area contributed by atoms with Gasteiger partial charge in [0, 0.05) is 37.1 Å². The molecule has 1 aliphatic carbocycles. The van der Waals surface area contributed by atoms with Gasteiger partial charge in [-0.05, 0) is 52.4 Å². The fourth-order valence-corrected chi connectivity index (χ4v) is 6.35. The van der Waals surface area contributed by atoms with E-state index in [4.69, 9.17) is 16.3 Å². The lowest BCUT2D eigenvalue weighted by Crippen LogP contribution is -2.36. The molecule has 0 radical (unpaired) electrons. The Hall–Kier alpha value is -2.54. The second-order valence-corrected chi connectivity index (χ2v) is 13.3. The third-order valence-corrected chi connectivity index (χ3v) is 8.85. The smallest absolute Gasteiger partial charge is 0.391 e. The first kappa shape index (κ1) is 31.0. The number of alkyl halides is 3. The van der Waals surface area contributed by atoms with Crippen LogP contribution in [0, 0.1) is 5.92 Å². The van der Waals surface area contributed by atoms with E-state index in [1.807, 2.05) is 6.92 Å². The standard InChI is InChI=1S/C25H35ClF3N5O4S/c1-6-34-22(17-13-30-19(11-18(17)38-4)32-24(2,3)14-25(27,28)29)20(26)21(33-34)23(35)31-12-15-7-9-16(10-8-15)39(5,36)37/h11,13,15-16H,6-10,12,14H2,1-5H3,(H,30,32)(H,31,35)/t15-,16-. The van der Waals surface area contributed by atoms with E-state index in [1.54, 1.807) is 0 Å². The van der Waals surface area contributed by atoms with E-state index in [2.05, 4.69) is 20.7 Å². The maximum Gasteiger partial charge on any atom is 0.391 e. The first-order valence-corrected chi connectivity index (χ1v) is 15.0. The minimum Gasteiger partial charge on any atom is -0.496 e. The number of rotatable bonds is 10. The van der Waals surface area contributed by atoms with Crippen molar-refractivity contribution in [1.82, 2.24) is 20.1 Å². The molecule has 2 N–H and O–H groups in total. The number of aryl methyl sites for hydroxylation is 1. The molecule has 2 aromatic rings. The zero-order valence-corrected chi connectivity index (χ0v) is 24.2. The van der Waals surface area contributed by atoms with Crippen LogP contribution >= 0.6 is 11.6 Å². The van der Waals surface area contributed by atoms with Gasteiger partial charge in [0.2, 0.25) is 0 Å². The van der Waals surface area contributed by atoms with Crippen LogP contribution in [0.25, 0.3) is 11.3 Å². The van der Waals surface area contributed by atoms with E-state index in [1.165, 1.54) is 44.2 Å². The second-order valence-electron chi connectivity index (χ2n) is 10.6. The van der Waals surface area contributed by atoms with Crippen LogP contribution in [0.2, 0.25) is 5.02 Å². The highest BCUT2D eigenvalue weighted by atomic mass is 35.5. The molecule has 0 spiro atoms. The van der Waals surface area contributed by atoms with Gasteiger partial charge in [-0.2, -0.15) is 18.3 Å². The van der Waals surface area contributed by atoms with Gasteiger partial charge in [-0.25, -0.2) is 13.4 Å². The van der Waals surface area contributed by atoms with Crippen molar-refractivity contribution in [2.45, 2.75) is 76.4 Å². The van der Waals surface area contributed by atoms with Crippen LogP contribution in [0.3, 0.4) is 0 Å². The summed E-state index contributed by atoms with van der Waals surface area (Å²) in [5.74, 6) is 0.177. The monoisotopic (exact) mass is 593 g/mol. The third kappa shape index (κ3) is 8.00. The lowest BCUT2D eigenvalue weighted by Gasteiger charge is -2.28. The number of pyridine rings is 1. The summed E-state index contributed by atoms with van der Waals surface area (Å²) >= 11 is 6.64. The molecule has 0 bridgehead atoms. The van der Waals surface area contributed by atoms with Crippen molar-refractivity contribution in [3.63, 3.8) is 0 Å². The zero-order valence-electron chi connectivity index (χ0n) is 22.7. The number of sulfone groups is 1. The van der Waals surface area contributed by atoms with Gasteiger partial charge in [0.05, 0.1) is 35.1 Å².